The largest absolute Gasteiger partial charge is 3.00 e. The number of hydrogen-bond acceptors (Lipinski definition) is 20. The van der Waals surface area contributed by atoms with E-state index in [1.807, 2.05) is 36.4 Å². The van der Waals surface area contributed by atoms with Gasteiger partial charge in [0.1, 0.15) is 34.5 Å². The Morgan fingerprint density at radius 1 is 0.278 bits per heavy atom. The van der Waals surface area contributed by atoms with Gasteiger partial charge < -0.3 is 98.8 Å². The zero-order valence-electron chi connectivity index (χ0n) is 50.6. The summed E-state index contributed by atoms with van der Waals surface area (Å²) in [5, 5.41) is 60.8. The zero-order valence-corrected chi connectivity index (χ0v) is 56.8. The molecule has 6 rings (SSSR count). The van der Waals surface area contributed by atoms with E-state index in [2.05, 4.69) is 0 Å². The van der Waals surface area contributed by atoms with Crippen LogP contribution in [0.4, 0.5) is 0 Å². The Hall–Kier alpha value is -7.75. The molecule has 0 aromatic heterocycles. The fraction of sp³-hybridized carbons (Fsp3) is 0.156. The molecule has 26 heteroatoms. The molecular formula is C64H72Gd2O22S2+2. The number of benzene rings is 6. The van der Waals surface area contributed by atoms with E-state index in [1.165, 1.54) is 79.1 Å². The first kappa shape index (κ1) is 93.4. The summed E-state index contributed by atoms with van der Waals surface area (Å²) in [5.41, 5.74) is 4.30. The predicted molar refractivity (Wildman–Crippen MR) is 332 cm³/mol. The monoisotopic (exact) mass is 1570 g/mol. The second-order valence-corrected chi connectivity index (χ2v) is 18.8. The molecule has 0 heterocycles. The van der Waals surface area contributed by atoms with Crippen LogP contribution in [-0.2, 0) is 61.3 Å². The van der Waals surface area contributed by atoms with Gasteiger partial charge in [-0.3, -0.25) is 8.42 Å². The Morgan fingerprint density at radius 3 is 0.467 bits per heavy atom. The summed E-state index contributed by atoms with van der Waals surface area (Å²) in [6, 6.07) is 42.8. The molecule has 0 atom stereocenters. The molecule has 6 N–H and O–H groups in total. The number of carboxylic acid groups (broad SMARTS) is 6. The van der Waals surface area contributed by atoms with Crippen LogP contribution in [0.25, 0.3) is 36.5 Å². The molecule has 0 saturated carbocycles. The third kappa shape index (κ3) is 50.1. The number of carbonyl (C=O) groups is 6. The molecule has 22 nitrogen and oxygen atoms in total. The quantitative estimate of drug-likeness (QED) is 0.0852. The fourth-order valence-corrected chi connectivity index (χ4v) is 5.77. The van der Waals surface area contributed by atoms with Crippen molar-refractivity contribution in [2.45, 2.75) is 0 Å². The van der Waals surface area contributed by atoms with Gasteiger partial charge in [-0.25, -0.2) is 0 Å². The standard InChI is InChI=1S/6C10H10O3.2C2H6OS.2Gd.2H2O/c6*1-13-9-5-3-2-4-8(9)6-7-10(11)12;2*1-4(2)3;;;;/h6*2-7H,1H3,(H,11,12);2*1-2H3;;;2*1H2/q;;;;;;;;2*+3;;/p-4/b6*7-6+;;;;;;. The normalized spacial score (nSPS) is 9.64. The minimum atomic E-state index is -1.22. The second-order valence-electron chi connectivity index (χ2n) is 15.8. The summed E-state index contributed by atoms with van der Waals surface area (Å²) in [5.74, 6) is -3.47. The van der Waals surface area contributed by atoms with Gasteiger partial charge in [-0.15, -0.1) is 0 Å². The molecular weight excluding hydrogens is 1500 g/mol. The number of methoxy groups -OCH3 is 6. The van der Waals surface area contributed by atoms with Crippen molar-refractivity contribution in [3.8, 4) is 34.5 Å². The summed E-state index contributed by atoms with van der Waals surface area (Å²) in [6.07, 6.45) is 21.0. The Labute approximate surface area is 592 Å². The van der Waals surface area contributed by atoms with Gasteiger partial charge in [0.05, 0.1) is 78.5 Å². The molecule has 6 aromatic rings. The van der Waals surface area contributed by atoms with Gasteiger partial charge in [-0.1, -0.05) is 109 Å². The van der Waals surface area contributed by atoms with Gasteiger partial charge in [-0.05, 0) is 109 Å². The number of hydrogen-bond donors (Lipinski definition) is 0. The van der Waals surface area contributed by atoms with Crippen molar-refractivity contribution < 1.29 is 187 Å². The summed E-state index contributed by atoms with van der Waals surface area (Å²) >= 11 is 0. The number of carbonyl (C=O) groups excluding carboxylic acids is 6. The molecule has 0 fully saturated rings. The molecule has 0 aliphatic carbocycles. The van der Waals surface area contributed by atoms with Gasteiger partial charge >= 0.3 is 79.9 Å². The maximum Gasteiger partial charge on any atom is 3.00 e. The van der Waals surface area contributed by atoms with Crippen molar-refractivity contribution >= 4 is 93.9 Å². The second kappa shape index (κ2) is 58.9. The third-order valence-corrected chi connectivity index (χ3v) is 9.23. The maximum atomic E-state index is 10.1. The van der Waals surface area contributed by atoms with Crippen LogP contribution < -0.4 is 59.1 Å². The van der Waals surface area contributed by atoms with Crippen LogP contribution in [-0.4, -0.2) is 112 Å². The zero-order chi connectivity index (χ0) is 65.2. The van der Waals surface area contributed by atoms with E-state index < -0.39 is 57.4 Å². The molecule has 0 aliphatic heterocycles. The van der Waals surface area contributed by atoms with Gasteiger partial charge in [0.15, 0.2) is 0 Å². The van der Waals surface area contributed by atoms with E-state index in [9.17, 15) is 67.8 Å². The van der Waals surface area contributed by atoms with E-state index in [1.54, 1.807) is 134 Å². The van der Waals surface area contributed by atoms with Crippen molar-refractivity contribution in [1.29, 1.82) is 0 Å². The Morgan fingerprint density at radius 2 is 0.378 bits per heavy atom. The molecule has 0 spiro atoms. The van der Waals surface area contributed by atoms with E-state index >= 15 is 0 Å². The van der Waals surface area contributed by atoms with E-state index in [0.29, 0.717) is 67.9 Å². The fourth-order valence-electron chi connectivity index (χ4n) is 5.77. The molecule has 6 aromatic carbocycles. The van der Waals surface area contributed by atoms with Crippen LogP contribution in [0.5, 0.6) is 34.5 Å². The van der Waals surface area contributed by atoms with Crippen molar-refractivity contribution in [2.75, 3.05) is 67.7 Å². The summed E-state index contributed by atoms with van der Waals surface area (Å²) in [7, 11) is 7.98. The minimum Gasteiger partial charge on any atom is -0.545 e. The topological polar surface area (TPSA) is 396 Å². The molecule has 90 heavy (non-hydrogen) atoms. The Balaban J connectivity index is -0.000000227. The third-order valence-electron chi connectivity index (χ3n) is 9.23. The average Bonchev–Trinajstić information content (AvgIpc) is 3.48. The van der Waals surface area contributed by atoms with Gasteiger partial charge in [-0.2, -0.15) is 0 Å². The number of carboxylic acids is 6. The first-order chi connectivity index (χ1) is 40.9. The van der Waals surface area contributed by atoms with E-state index in [-0.39, 0.29) is 90.8 Å². The van der Waals surface area contributed by atoms with Crippen molar-refractivity contribution in [3.05, 3.63) is 215 Å². The predicted octanol–water partition coefficient (Wildman–Crippen LogP) is 0.895. The smallest absolute Gasteiger partial charge is 0.545 e. The molecule has 0 amide bonds. The van der Waals surface area contributed by atoms with Crippen molar-refractivity contribution in [1.82, 2.24) is 0 Å². The van der Waals surface area contributed by atoms with Crippen molar-refractivity contribution in [2.24, 2.45) is 0 Å². The summed E-state index contributed by atoms with van der Waals surface area (Å²) in [6.45, 7) is 0. The van der Waals surface area contributed by atoms with Crippen LogP contribution >= 0.6 is 0 Å². The first-order valence-corrected chi connectivity index (χ1v) is 28.5. The molecule has 2 radical (unpaired) electrons. The SMILES string of the molecule is COc1ccccc1/C=C/C(=O)[O-].COc1ccccc1/C=C/C(=O)[O-].COc1ccccc1/C=C/C(=O)[O-].COc1ccccc1/C=C/C(=O)[O-].COc1ccccc1/C=C/C(=O)[O-].COc1ccccc1/C=C/C(=O)[O-].CS(C)=O.CS(C)=O.[Gd+3].[Gd+3].[OH3+].[OH3+]. The molecule has 0 saturated heterocycles. The van der Waals surface area contributed by atoms with Crippen LogP contribution in [0.2, 0.25) is 0 Å². The molecule has 0 bridgehead atoms. The number of rotatable bonds is 18. The maximum absolute atomic E-state index is 10.1. The molecule has 0 unspecified atom stereocenters. The summed E-state index contributed by atoms with van der Waals surface area (Å²) < 4.78 is 49.2. The molecule has 486 valence electrons. The van der Waals surface area contributed by atoms with Crippen LogP contribution in [0, 0.1) is 79.9 Å². The number of aliphatic carboxylic acids is 6. The molecule has 0 aliphatic rings. The van der Waals surface area contributed by atoms with Gasteiger partial charge in [0.25, 0.3) is 0 Å². The average molecular weight is 1570 g/mol. The minimum absolute atomic E-state index is 0. The first-order valence-electron chi connectivity index (χ1n) is 24.5. The van der Waals surface area contributed by atoms with E-state index in [4.69, 9.17) is 28.4 Å². The van der Waals surface area contributed by atoms with Crippen LogP contribution in [0.3, 0.4) is 0 Å². The van der Waals surface area contributed by atoms with Crippen LogP contribution in [0.15, 0.2) is 182 Å². The van der Waals surface area contributed by atoms with Gasteiger partial charge in [0, 0.05) is 80.0 Å². The Kier molecular flexibility index (Phi) is 61.1. The summed E-state index contributed by atoms with van der Waals surface area (Å²) in [4.78, 5) is 60.8. The number of para-hydroxylation sites is 6. The van der Waals surface area contributed by atoms with Gasteiger partial charge in [0.2, 0.25) is 0 Å². The number of ether oxygens (including phenoxy) is 6. The Bertz CT molecular complexity index is 2720. The van der Waals surface area contributed by atoms with Crippen LogP contribution in [0.1, 0.15) is 33.4 Å². The van der Waals surface area contributed by atoms with Crippen molar-refractivity contribution in [3.63, 3.8) is 0 Å². The van der Waals surface area contributed by atoms with E-state index in [0.717, 1.165) is 36.5 Å².